The largest absolute Gasteiger partial charge is 0.508 e. The summed E-state index contributed by atoms with van der Waals surface area (Å²) in [6.45, 7) is 2.63. The van der Waals surface area contributed by atoms with Crippen molar-refractivity contribution in [1.29, 1.82) is 0 Å². The zero-order chi connectivity index (χ0) is 22.5. The average Bonchev–Trinajstić information content (AvgIpc) is 3.21. The number of rotatable bonds is 9. The van der Waals surface area contributed by atoms with Crippen molar-refractivity contribution in [3.05, 3.63) is 71.8 Å². The van der Waals surface area contributed by atoms with Gasteiger partial charge < -0.3 is 25.4 Å². The maximum Gasteiger partial charge on any atom is 0.227 e. The molecule has 4 aromatic rings. The lowest BCUT2D eigenvalue weighted by Crippen LogP contribution is -2.24. The first kappa shape index (κ1) is 21.5. The lowest BCUT2D eigenvalue weighted by Gasteiger charge is -2.16. The Morgan fingerprint density at radius 1 is 1.12 bits per heavy atom. The Kier molecular flexibility index (Phi) is 6.46. The van der Waals surface area contributed by atoms with E-state index in [0.717, 1.165) is 5.56 Å². The fourth-order valence-electron chi connectivity index (χ4n) is 3.36. The van der Waals surface area contributed by atoms with Crippen molar-refractivity contribution in [3.63, 3.8) is 0 Å². The van der Waals surface area contributed by atoms with Gasteiger partial charge in [0, 0.05) is 12.1 Å². The van der Waals surface area contributed by atoms with Crippen LogP contribution in [0.2, 0.25) is 0 Å². The van der Waals surface area contributed by atoms with Crippen molar-refractivity contribution in [1.82, 2.24) is 19.5 Å². The van der Waals surface area contributed by atoms with Crippen molar-refractivity contribution in [2.45, 2.75) is 32.5 Å². The molecule has 2 aromatic heterocycles. The van der Waals surface area contributed by atoms with E-state index in [9.17, 15) is 14.6 Å². The molecule has 4 rings (SSSR count). The van der Waals surface area contributed by atoms with Crippen LogP contribution in [0.1, 0.15) is 24.5 Å². The minimum absolute atomic E-state index is 0.0107. The summed E-state index contributed by atoms with van der Waals surface area (Å²) in [5, 5.41) is 25.9. The predicted octanol–water partition coefficient (Wildman–Crippen LogP) is 3.51. The third kappa shape index (κ3) is 4.78. The number of hydrogen-bond donors (Lipinski definition) is 4. The molecule has 166 valence electrons. The summed E-state index contributed by atoms with van der Waals surface area (Å²) in [6.07, 6.45) is 2.39. The monoisotopic (exact) mass is 436 g/mol. The second-order valence-corrected chi connectivity index (χ2v) is 7.48. The number of imidazole rings is 1. The second-order valence-electron chi connectivity index (χ2n) is 7.48. The van der Waals surface area contributed by atoms with Gasteiger partial charge in [0.05, 0.1) is 25.5 Å². The average molecular weight is 436 g/mol. The highest BCUT2D eigenvalue weighted by atomic mass is 19.1. The van der Waals surface area contributed by atoms with E-state index in [1.54, 1.807) is 6.33 Å². The smallest absolute Gasteiger partial charge is 0.227 e. The van der Waals surface area contributed by atoms with Crippen LogP contribution in [-0.2, 0) is 13.1 Å². The minimum atomic E-state index is -0.435. The SMILES string of the molecule is CCC(CO)Nc1nc(NCc2cc(F)ccc2O)c2ncn(Cc3ccccc3)c2n1. The summed E-state index contributed by atoms with van der Waals surface area (Å²) in [4.78, 5) is 13.6. The molecule has 0 spiro atoms. The number of nitrogens with zero attached hydrogens (tertiary/aromatic N) is 4. The zero-order valence-electron chi connectivity index (χ0n) is 17.7. The van der Waals surface area contributed by atoms with Gasteiger partial charge in [-0.3, -0.25) is 0 Å². The van der Waals surface area contributed by atoms with Crippen LogP contribution in [0.3, 0.4) is 0 Å². The van der Waals surface area contributed by atoms with Gasteiger partial charge in [-0.05, 0) is 30.2 Å². The molecule has 0 radical (unpaired) electrons. The number of phenols is 1. The molecule has 0 aliphatic rings. The molecule has 0 bridgehead atoms. The lowest BCUT2D eigenvalue weighted by molar-refractivity contribution is 0.271. The topological polar surface area (TPSA) is 108 Å². The molecular formula is C23H25FN6O2. The number of halogens is 1. The summed E-state index contributed by atoms with van der Waals surface area (Å²) in [7, 11) is 0. The molecular weight excluding hydrogens is 411 g/mol. The van der Waals surface area contributed by atoms with Crippen molar-refractivity contribution in [2.75, 3.05) is 17.2 Å². The Labute approximate surface area is 184 Å². The highest BCUT2D eigenvalue weighted by Gasteiger charge is 2.16. The molecule has 9 heteroatoms. The predicted molar refractivity (Wildman–Crippen MR) is 121 cm³/mol. The molecule has 0 saturated heterocycles. The zero-order valence-corrected chi connectivity index (χ0v) is 17.7. The number of aliphatic hydroxyl groups is 1. The van der Waals surface area contributed by atoms with Gasteiger partial charge in [-0.25, -0.2) is 9.37 Å². The van der Waals surface area contributed by atoms with Crippen LogP contribution in [0.5, 0.6) is 5.75 Å². The Morgan fingerprint density at radius 3 is 2.69 bits per heavy atom. The quantitative estimate of drug-likeness (QED) is 0.318. The van der Waals surface area contributed by atoms with Crippen molar-refractivity contribution >= 4 is 22.9 Å². The van der Waals surface area contributed by atoms with Gasteiger partial charge in [0.25, 0.3) is 0 Å². The number of aliphatic hydroxyl groups excluding tert-OH is 1. The van der Waals surface area contributed by atoms with Gasteiger partial charge in [-0.2, -0.15) is 9.97 Å². The van der Waals surface area contributed by atoms with Crippen LogP contribution < -0.4 is 10.6 Å². The standard InChI is InChI=1S/C23H25FN6O2/c1-2-18(13-31)27-23-28-21(25-11-16-10-17(24)8-9-19(16)32)20-22(29-23)30(14-26-20)12-15-6-4-3-5-7-15/h3-10,14,18,31-32H,2,11-13H2,1H3,(H2,25,27,28,29). The van der Waals surface area contributed by atoms with E-state index in [1.165, 1.54) is 18.2 Å². The Morgan fingerprint density at radius 2 is 1.94 bits per heavy atom. The molecule has 0 fully saturated rings. The molecule has 32 heavy (non-hydrogen) atoms. The van der Waals surface area contributed by atoms with Crippen LogP contribution in [0.15, 0.2) is 54.9 Å². The first-order valence-electron chi connectivity index (χ1n) is 10.4. The summed E-state index contributed by atoms with van der Waals surface area (Å²) >= 11 is 0. The third-order valence-corrected chi connectivity index (χ3v) is 5.19. The van der Waals surface area contributed by atoms with Crippen molar-refractivity contribution in [3.8, 4) is 5.75 Å². The molecule has 4 N–H and O–H groups in total. The molecule has 1 atom stereocenters. The summed E-state index contributed by atoms with van der Waals surface area (Å²) < 4.78 is 15.5. The van der Waals surface area contributed by atoms with E-state index in [1.807, 2.05) is 41.8 Å². The fraction of sp³-hybridized carbons (Fsp3) is 0.261. The fourth-order valence-corrected chi connectivity index (χ4v) is 3.36. The highest BCUT2D eigenvalue weighted by molar-refractivity contribution is 5.84. The second kappa shape index (κ2) is 9.61. The van der Waals surface area contributed by atoms with Crippen molar-refractivity contribution < 1.29 is 14.6 Å². The number of fused-ring (bicyclic) bond motifs is 1. The third-order valence-electron chi connectivity index (χ3n) is 5.19. The Balaban J connectivity index is 1.70. The number of aromatic nitrogens is 4. The molecule has 2 heterocycles. The first-order chi connectivity index (χ1) is 15.6. The van der Waals surface area contributed by atoms with Gasteiger partial charge in [0.1, 0.15) is 11.6 Å². The maximum atomic E-state index is 13.6. The van der Waals surface area contributed by atoms with E-state index in [-0.39, 0.29) is 24.9 Å². The first-order valence-corrected chi connectivity index (χ1v) is 10.4. The van der Waals surface area contributed by atoms with E-state index < -0.39 is 5.82 Å². The van der Waals surface area contributed by atoms with Gasteiger partial charge in [-0.15, -0.1) is 0 Å². The lowest BCUT2D eigenvalue weighted by atomic mass is 10.2. The summed E-state index contributed by atoms with van der Waals surface area (Å²) in [6, 6.07) is 13.6. The Bertz CT molecular complexity index is 1190. The highest BCUT2D eigenvalue weighted by Crippen LogP contribution is 2.25. The van der Waals surface area contributed by atoms with E-state index in [2.05, 4.69) is 25.6 Å². The molecule has 0 amide bonds. The maximum absolute atomic E-state index is 13.6. The van der Waals surface area contributed by atoms with Crippen LogP contribution in [0.25, 0.3) is 11.2 Å². The van der Waals surface area contributed by atoms with Gasteiger partial charge in [0.15, 0.2) is 17.0 Å². The van der Waals surface area contributed by atoms with E-state index >= 15 is 0 Å². The van der Waals surface area contributed by atoms with Gasteiger partial charge in [0.2, 0.25) is 5.95 Å². The molecule has 2 aromatic carbocycles. The van der Waals surface area contributed by atoms with Gasteiger partial charge in [-0.1, -0.05) is 37.3 Å². The van der Waals surface area contributed by atoms with Crippen molar-refractivity contribution in [2.24, 2.45) is 0 Å². The van der Waals surface area contributed by atoms with E-state index in [0.29, 0.717) is 41.5 Å². The number of aromatic hydroxyl groups is 1. The number of anilines is 2. The van der Waals surface area contributed by atoms with Gasteiger partial charge >= 0.3 is 0 Å². The number of benzene rings is 2. The van der Waals surface area contributed by atoms with Crippen LogP contribution in [0.4, 0.5) is 16.2 Å². The summed E-state index contributed by atoms with van der Waals surface area (Å²) in [5.74, 6) is 0.346. The molecule has 1 unspecified atom stereocenters. The number of phenolic OH excluding ortho intramolecular Hbond substituents is 1. The minimum Gasteiger partial charge on any atom is -0.508 e. The Hall–Kier alpha value is -3.72. The molecule has 0 aliphatic carbocycles. The number of hydrogen-bond acceptors (Lipinski definition) is 7. The normalized spacial score (nSPS) is 12.1. The van der Waals surface area contributed by atoms with Crippen LogP contribution in [0, 0.1) is 5.82 Å². The van der Waals surface area contributed by atoms with Crippen LogP contribution in [-0.4, -0.2) is 42.4 Å². The molecule has 8 nitrogen and oxygen atoms in total. The molecule has 0 saturated carbocycles. The van der Waals surface area contributed by atoms with E-state index in [4.69, 9.17) is 0 Å². The number of nitrogens with one attached hydrogen (secondary N) is 2. The summed E-state index contributed by atoms with van der Waals surface area (Å²) in [5.41, 5.74) is 2.67. The molecule has 0 aliphatic heterocycles. The van der Waals surface area contributed by atoms with Crippen LogP contribution >= 0.6 is 0 Å².